The quantitative estimate of drug-likeness (QED) is 0.299. The molecule has 2 fully saturated rings. The van der Waals surface area contributed by atoms with Gasteiger partial charge in [-0.15, -0.1) is 0 Å². The molecule has 234 valence electrons. The van der Waals surface area contributed by atoms with Crippen molar-refractivity contribution in [1.29, 1.82) is 0 Å². The van der Waals surface area contributed by atoms with Crippen LogP contribution in [0.1, 0.15) is 82.9 Å². The number of carbonyl (C=O) groups is 2. The van der Waals surface area contributed by atoms with E-state index in [1.807, 2.05) is 61.4 Å². The standard InChI is InChI=1S/C36H41N5O4/c1-4-41-17-6-5-16-36(41,45-35(43)28-21-37-39-24(28)3)29-8-7-9-32-33(29)31(22-44-32)38-30-13-12-27(20-23(30)2)25-14-18-40(19-15-25)34(42)26-10-11-26/h5-9,12-13,16-17,20-21,25-26,31,38H,4,10-11,14-15,18-19,22H2,1-3H3,(H,37,39). The molecule has 9 nitrogen and oxygen atoms in total. The minimum absolute atomic E-state index is 0.151. The predicted octanol–water partition coefficient (Wildman–Crippen LogP) is 6.10. The van der Waals surface area contributed by atoms with Crippen LogP contribution in [0.2, 0.25) is 0 Å². The van der Waals surface area contributed by atoms with E-state index < -0.39 is 11.7 Å². The van der Waals surface area contributed by atoms with E-state index in [1.54, 1.807) is 0 Å². The number of allylic oxidation sites excluding steroid dienone is 2. The molecule has 0 bridgehead atoms. The van der Waals surface area contributed by atoms with Gasteiger partial charge in [0.25, 0.3) is 0 Å². The van der Waals surface area contributed by atoms with Crippen LogP contribution >= 0.6 is 0 Å². The van der Waals surface area contributed by atoms with E-state index in [2.05, 4.69) is 45.5 Å². The number of hydrogen-bond acceptors (Lipinski definition) is 7. The zero-order valence-electron chi connectivity index (χ0n) is 26.2. The first-order chi connectivity index (χ1) is 21.9. The second kappa shape index (κ2) is 11.8. The lowest BCUT2D eigenvalue weighted by atomic mass is 9.88. The van der Waals surface area contributed by atoms with Crippen LogP contribution in [0.5, 0.6) is 5.75 Å². The molecule has 2 N–H and O–H groups in total. The van der Waals surface area contributed by atoms with Gasteiger partial charge in [0.15, 0.2) is 0 Å². The van der Waals surface area contributed by atoms with Crippen LogP contribution in [0.25, 0.3) is 0 Å². The van der Waals surface area contributed by atoms with E-state index in [9.17, 15) is 9.59 Å². The molecule has 2 unspecified atom stereocenters. The second-order valence-electron chi connectivity index (χ2n) is 12.7. The number of nitrogens with zero attached hydrogens (tertiary/aromatic N) is 3. The van der Waals surface area contributed by atoms with Gasteiger partial charge in [-0.1, -0.05) is 30.3 Å². The van der Waals surface area contributed by atoms with Gasteiger partial charge in [0.1, 0.15) is 17.9 Å². The third-order valence-electron chi connectivity index (χ3n) is 9.76. The highest BCUT2D eigenvalue weighted by atomic mass is 16.6. The summed E-state index contributed by atoms with van der Waals surface area (Å²) in [6.07, 6.45) is 13.4. The Morgan fingerprint density at radius 2 is 1.93 bits per heavy atom. The maximum Gasteiger partial charge on any atom is 0.344 e. The molecule has 0 spiro atoms. The van der Waals surface area contributed by atoms with Gasteiger partial charge in [0.2, 0.25) is 11.6 Å². The Kier molecular flexibility index (Phi) is 7.63. The zero-order chi connectivity index (χ0) is 31.1. The Balaban J connectivity index is 1.15. The Labute approximate surface area is 264 Å². The highest BCUT2D eigenvalue weighted by Crippen LogP contribution is 2.46. The molecule has 1 aliphatic carbocycles. The summed E-state index contributed by atoms with van der Waals surface area (Å²) < 4.78 is 12.7. The van der Waals surface area contributed by atoms with Crippen LogP contribution in [0.4, 0.5) is 5.69 Å². The lowest BCUT2D eigenvalue weighted by molar-refractivity contribution is -0.133. The summed E-state index contributed by atoms with van der Waals surface area (Å²) in [6.45, 7) is 8.78. The van der Waals surface area contributed by atoms with Crippen molar-refractivity contribution >= 4 is 17.6 Å². The number of amides is 1. The number of rotatable bonds is 8. The Morgan fingerprint density at radius 1 is 1.11 bits per heavy atom. The van der Waals surface area contributed by atoms with Crippen LogP contribution in [0, 0.1) is 19.8 Å². The van der Waals surface area contributed by atoms with Crippen LogP contribution in [-0.2, 0) is 15.3 Å². The summed E-state index contributed by atoms with van der Waals surface area (Å²) in [5.41, 5.74) is 5.27. The molecule has 3 aromatic rings. The number of aromatic nitrogens is 2. The number of fused-ring (bicyclic) bond motifs is 1. The number of anilines is 1. The Morgan fingerprint density at radius 3 is 2.64 bits per heavy atom. The highest BCUT2D eigenvalue weighted by Gasteiger charge is 2.45. The predicted molar refractivity (Wildman–Crippen MR) is 172 cm³/mol. The first-order valence-electron chi connectivity index (χ1n) is 16.2. The molecular formula is C36H41N5O4. The van der Waals surface area contributed by atoms with Crippen molar-refractivity contribution in [2.75, 3.05) is 31.6 Å². The molecule has 1 amide bonds. The number of H-pyrrole nitrogens is 1. The van der Waals surface area contributed by atoms with Gasteiger partial charge in [-0.3, -0.25) is 9.89 Å². The number of esters is 1. The highest BCUT2D eigenvalue weighted by molar-refractivity contribution is 5.90. The zero-order valence-corrected chi connectivity index (χ0v) is 26.2. The van der Waals surface area contributed by atoms with E-state index in [4.69, 9.17) is 9.47 Å². The van der Waals surface area contributed by atoms with Gasteiger partial charge in [0.05, 0.1) is 12.2 Å². The summed E-state index contributed by atoms with van der Waals surface area (Å²) >= 11 is 0. The average molecular weight is 608 g/mol. The molecule has 1 aromatic heterocycles. The van der Waals surface area contributed by atoms with Crippen molar-refractivity contribution < 1.29 is 19.1 Å². The number of ether oxygens (including phenoxy) is 2. The average Bonchev–Trinajstić information content (AvgIpc) is 3.70. The van der Waals surface area contributed by atoms with Crippen LogP contribution in [0.15, 0.2) is 67.0 Å². The SMILES string of the molecule is CCN1C=CC=CC1(OC(=O)c1cn[nH]c1C)c1cccc2c1C(Nc1ccc(C3CCN(C(=O)C4CC4)CC3)cc1C)CO2. The van der Waals surface area contributed by atoms with E-state index in [0.717, 1.165) is 61.3 Å². The van der Waals surface area contributed by atoms with Crippen molar-refractivity contribution in [3.63, 3.8) is 0 Å². The third kappa shape index (κ3) is 5.38. The van der Waals surface area contributed by atoms with Gasteiger partial charge in [-0.05, 0) is 87.8 Å². The van der Waals surface area contributed by atoms with E-state index in [1.165, 1.54) is 17.3 Å². The molecule has 2 atom stereocenters. The van der Waals surface area contributed by atoms with Crippen LogP contribution in [-0.4, -0.2) is 58.1 Å². The summed E-state index contributed by atoms with van der Waals surface area (Å²) in [5, 5.41) is 10.6. The lowest BCUT2D eigenvalue weighted by Crippen LogP contribution is -2.47. The molecule has 45 heavy (non-hydrogen) atoms. The molecular weight excluding hydrogens is 566 g/mol. The van der Waals surface area contributed by atoms with E-state index in [0.29, 0.717) is 36.2 Å². The molecule has 4 heterocycles. The molecule has 2 aromatic carbocycles. The number of nitrogens with one attached hydrogen (secondary N) is 2. The molecule has 1 saturated carbocycles. The summed E-state index contributed by atoms with van der Waals surface area (Å²) in [7, 11) is 0. The van der Waals surface area contributed by atoms with Crippen molar-refractivity contribution in [2.24, 2.45) is 5.92 Å². The smallest absolute Gasteiger partial charge is 0.344 e. The summed E-state index contributed by atoms with van der Waals surface area (Å²) in [6, 6.07) is 12.5. The number of carbonyl (C=O) groups excluding carboxylic acids is 2. The first kappa shape index (κ1) is 29.2. The topological polar surface area (TPSA) is 99.8 Å². The minimum Gasteiger partial charge on any atom is -0.491 e. The normalized spacial score (nSPS) is 22.7. The molecule has 7 rings (SSSR count). The third-order valence-corrected chi connectivity index (χ3v) is 9.76. The number of aromatic amines is 1. The van der Waals surface area contributed by atoms with E-state index >= 15 is 0 Å². The van der Waals surface area contributed by atoms with Crippen LogP contribution in [0.3, 0.4) is 0 Å². The van der Waals surface area contributed by atoms with Gasteiger partial charge >= 0.3 is 5.97 Å². The number of likely N-dealkylation sites (tertiary alicyclic amines) is 1. The molecule has 0 radical (unpaired) electrons. The first-order valence-corrected chi connectivity index (χ1v) is 16.2. The van der Waals surface area contributed by atoms with Crippen molar-refractivity contribution in [3.05, 3.63) is 101 Å². The number of aryl methyl sites for hydroxylation is 2. The van der Waals surface area contributed by atoms with Crippen molar-refractivity contribution in [2.45, 2.75) is 64.1 Å². The van der Waals surface area contributed by atoms with Gasteiger partial charge < -0.3 is 24.6 Å². The minimum atomic E-state index is -1.17. The summed E-state index contributed by atoms with van der Waals surface area (Å²) in [5.74, 6) is 1.44. The van der Waals surface area contributed by atoms with Gasteiger partial charge in [-0.25, -0.2) is 4.79 Å². The van der Waals surface area contributed by atoms with Crippen molar-refractivity contribution in [1.82, 2.24) is 20.0 Å². The number of likely N-dealkylation sites (N-methyl/N-ethyl adjacent to an activating group) is 1. The molecule has 4 aliphatic rings. The maximum atomic E-state index is 13.6. The lowest BCUT2D eigenvalue weighted by Gasteiger charge is -2.42. The fraction of sp³-hybridized carbons (Fsp3) is 0.417. The fourth-order valence-electron chi connectivity index (χ4n) is 7.06. The number of hydrogen-bond donors (Lipinski definition) is 2. The van der Waals surface area contributed by atoms with Crippen LogP contribution < -0.4 is 10.1 Å². The maximum absolute atomic E-state index is 13.6. The largest absolute Gasteiger partial charge is 0.491 e. The van der Waals surface area contributed by atoms with Gasteiger partial charge in [-0.2, -0.15) is 5.10 Å². The van der Waals surface area contributed by atoms with Crippen molar-refractivity contribution in [3.8, 4) is 5.75 Å². The monoisotopic (exact) mass is 607 g/mol. The Bertz CT molecular complexity index is 1670. The van der Waals surface area contributed by atoms with E-state index in [-0.39, 0.29) is 12.0 Å². The fourth-order valence-corrected chi connectivity index (χ4v) is 7.06. The Hall–Kier alpha value is -4.53. The molecule has 1 saturated heterocycles. The molecule has 3 aliphatic heterocycles. The van der Waals surface area contributed by atoms with Gasteiger partial charge in [0, 0.05) is 54.3 Å². The number of benzene rings is 2. The second-order valence-corrected chi connectivity index (χ2v) is 12.7. The summed E-state index contributed by atoms with van der Waals surface area (Å²) in [4.78, 5) is 30.2. The molecule has 9 heteroatoms. The number of piperidine rings is 1.